The summed E-state index contributed by atoms with van der Waals surface area (Å²) in [6.45, 7) is 3.81. The molecule has 1 fully saturated rings. The summed E-state index contributed by atoms with van der Waals surface area (Å²) in [5, 5.41) is 1.54. The van der Waals surface area contributed by atoms with E-state index in [0.717, 1.165) is 24.1 Å². The molecule has 0 bridgehead atoms. The fourth-order valence-corrected chi connectivity index (χ4v) is 2.55. The van der Waals surface area contributed by atoms with Crippen molar-refractivity contribution < 1.29 is 4.74 Å². The van der Waals surface area contributed by atoms with Crippen molar-refractivity contribution in [1.82, 2.24) is 4.98 Å². The van der Waals surface area contributed by atoms with E-state index >= 15 is 0 Å². The normalized spacial score (nSPS) is 25.8. The minimum absolute atomic E-state index is 0.216. The maximum absolute atomic E-state index is 6.14. The molecule has 0 aliphatic carbocycles. The molecule has 16 heavy (non-hydrogen) atoms. The quantitative estimate of drug-likeness (QED) is 0.786. The van der Waals surface area contributed by atoms with Gasteiger partial charge in [0.15, 0.2) is 0 Å². The van der Waals surface area contributed by atoms with E-state index in [1.807, 2.05) is 6.07 Å². The van der Waals surface area contributed by atoms with Crippen LogP contribution in [0.5, 0.6) is 0 Å². The number of alkyl halides is 1. The minimum atomic E-state index is 0.216. The molecule has 2 atom stereocenters. The van der Waals surface area contributed by atoms with Crippen molar-refractivity contribution in [2.24, 2.45) is 0 Å². The Bertz CT molecular complexity index is 364. The van der Waals surface area contributed by atoms with Gasteiger partial charge in [-0.2, -0.15) is 0 Å². The van der Waals surface area contributed by atoms with E-state index in [1.165, 1.54) is 0 Å². The number of halogens is 2. The molecule has 0 N–H and O–H groups in total. The second-order valence-corrected chi connectivity index (χ2v) is 5.01. The summed E-state index contributed by atoms with van der Waals surface area (Å²) >= 11 is 9.60. The molecule has 1 saturated heterocycles. The van der Waals surface area contributed by atoms with Gasteiger partial charge in [-0.05, 0) is 13.0 Å². The van der Waals surface area contributed by atoms with Gasteiger partial charge in [-0.3, -0.25) is 4.98 Å². The number of anilines is 1. The molecular formula is C11H14BrClN2O. The molecule has 5 heteroatoms. The molecule has 0 radical (unpaired) electrons. The number of hydrogen-bond donors (Lipinski definition) is 0. The van der Waals surface area contributed by atoms with Crippen molar-refractivity contribution in [3.8, 4) is 0 Å². The smallest absolute Gasteiger partial charge is 0.0850 e. The Morgan fingerprint density at radius 2 is 2.44 bits per heavy atom. The third kappa shape index (κ3) is 2.67. The van der Waals surface area contributed by atoms with Crippen molar-refractivity contribution >= 4 is 33.2 Å². The van der Waals surface area contributed by atoms with E-state index in [2.05, 4.69) is 32.7 Å². The van der Waals surface area contributed by atoms with Gasteiger partial charge < -0.3 is 9.64 Å². The molecule has 0 spiro atoms. The van der Waals surface area contributed by atoms with E-state index in [-0.39, 0.29) is 12.2 Å². The molecule has 1 aromatic heterocycles. The van der Waals surface area contributed by atoms with Crippen LogP contribution in [0.25, 0.3) is 0 Å². The van der Waals surface area contributed by atoms with E-state index in [1.54, 1.807) is 12.4 Å². The van der Waals surface area contributed by atoms with Gasteiger partial charge in [0.25, 0.3) is 0 Å². The Balaban J connectivity index is 2.17. The number of morpholine rings is 1. The summed E-state index contributed by atoms with van der Waals surface area (Å²) in [6.07, 6.45) is 3.89. The van der Waals surface area contributed by atoms with Crippen LogP contribution in [-0.4, -0.2) is 35.6 Å². The van der Waals surface area contributed by atoms with Gasteiger partial charge in [0.1, 0.15) is 0 Å². The van der Waals surface area contributed by atoms with Crippen molar-refractivity contribution in [3.05, 3.63) is 23.5 Å². The Hall–Kier alpha value is -0.320. The van der Waals surface area contributed by atoms with Crippen LogP contribution in [0.4, 0.5) is 5.69 Å². The first-order valence-electron chi connectivity index (χ1n) is 5.26. The summed E-state index contributed by atoms with van der Waals surface area (Å²) in [4.78, 5) is 6.25. The Morgan fingerprint density at radius 1 is 1.62 bits per heavy atom. The van der Waals surface area contributed by atoms with Crippen LogP contribution in [0.15, 0.2) is 18.5 Å². The highest BCUT2D eigenvalue weighted by Gasteiger charge is 2.25. The fourth-order valence-electron chi connectivity index (χ4n) is 1.95. The molecule has 2 heterocycles. The van der Waals surface area contributed by atoms with Crippen molar-refractivity contribution in [3.63, 3.8) is 0 Å². The SMILES string of the molecule is CC1CN(c2ccncc2Cl)CC(CBr)O1. The van der Waals surface area contributed by atoms with E-state index in [0.29, 0.717) is 5.02 Å². The number of pyridine rings is 1. The topological polar surface area (TPSA) is 25.4 Å². The lowest BCUT2D eigenvalue weighted by molar-refractivity contribution is -0.00198. The fraction of sp³-hybridized carbons (Fsp3) is 0.545. The number of rotatable bonds is 2. The number of hydrogen-bond acceptors (Lipinski definition) is 3. The first-order chi connectivity index (χ1) is 7.70. The average Bonchev–Trinajstić information content (AvgIpc) is 2.28. The van der Waals surface area contributed by atoms with Gasteiger partial charge >= 0.3 is 0 Å². The second-order valence-electron chi connectivity index (χ2n) is 3.96. The predicted octanol–water partition coefficient (Wildman–Crippen LogP) is 2.72. The molecule has 3 nitrogen and oxygen atoms in total. The lowest BCUT2D eigenvalue weighted by Crippen LogP contribution is -2.47. The molecule has 88 valence electrons. The van der Waals surface area contributed by atoms with Gasteiger partial charge in [-0.15, -0.1) is 0 Å². The molecule has 2 rings (SSSR count). The Kier molecular flexibility index (Phi) is 4.05. The van der Waals surface area contributed by atoms with Gasteiger partial charge in [-0.25, -0.2) is 0 Å². The molecule has 1 aliphatic rings. The van der Waals surface area contributed by atoms with E-state index in [9.17, 15) is 0 Å². The van der Waals surface area contributed by atoms with E-state index in [4.69, 9.17) is 16.3 Å². The van der Waals surface area contributed by atoms with Crippen LogP contribution >= 0.6 is 27.5 Å². The first kappa shape index (κ1) is 12.1. The lowest BCUT2D eigenvalue weighted by Gasteiger charge is -2.37. The van der Waals surface area contributed by atoms with Crippen LogP contribution in [0.1, 0.15) is 6.92 Å². The number of ether oxygens (including phenoxy) is 1. The minimum Gasteiger partial charge on any atom is -0.371 e. The summed E-state index contributed by atoms with van der Waals surface area (Å²) < 4.78 is 5.78. The highest BCUT2D eigenvalue weighted by atomic mass is 79.9. The summed E-state index contributed by atoms with van der Waals surface area (Å²) in [5.74, 6) is 0. The standard InChI is InChI=1S/C11H14BrClN2O/c1-8-6-15(7-9(4-12)16-8)11-2-3-14-5-10(11)13/h2-3,5,8-9H,4,6-7H2,1H3. The maximum Gasteiger partial charge on any atom is 0.0850 e. The van der Waals surface area contributed by atoms with Crippen LogP contribution in [0.2, 0.25) is 5.02 Å². The average molecular weight is 306 g/mol. The van der Waals surface area contributed by atoms with E-state index < -0.39 is 0 Å². The van der Waals surface area contributed by atoms with Gasteiger partial charge in [-0.1, -0.05) is 27.5 Å². The van der Waals surface area contributed by atoms with Crippen LogP contribution in [-0.2, 0) is 4.74 Å². The van der Waals surface area contributed by atoms with Crippen molar-refractivity contribution in [2.45, 2.75) is 19.1 Å². The van der Waals surface area contributed by atoms with Gasteiger partial charge in [0, 0.05) is 30.8 Å². The van der Waals surface area contributed by atoms with Gasteiger partial charge in [0.05, 0.1) is 22.9 Å². The first-order valence-corrected chi connectivity index (χ1v) is 6.76. The highest BCUT2D eigenvalue weighted by molar-refractivity contribution is 9.09. The molecule has 1 aromatic rings. The lowest BCUT2D eigenvalue weighted by atomic mass is 10.2. The maximum atomic E-state index is 6.14. The Morgan fingerprint density at radius 3 is 3.12 bits per heavy atom. The van der Waals surface area contributed by atoms with Crippen LogP contribution in [0.3, 0.4) is 0 Å². The Labute approximate surface area is 109 Å². The third-order valence-corrected chi connectivity index (χ3v) is 3.60. The second kappa shape index (κ2) is 5.34. The number of nitrogens with zero attached hydrogens (tertiary/aromatic N) is 2. The third-order valence-electron chi connectivity index (χ3n) is 2.59. The molecular weight excluding hydrogens is 291 g/mol. The summed E-state index contributed by atoms with van der Waals surface area (Å²) in [7, 11) is 0. The zero-order chi connectivity index (χ0) is 11.5. The molecule has 2 unspecified atom stereocenters. The molecule has 1 aliphatic heterocycles. The monoisotopic (exact) mass is 304 g/mol. The molecule has 0 aromatic carbocycles. The van der Waals surface area contributed by atoms with Crippen molar-refractivity contribution in [1.29, 1.82) is 0 Å². The zero-order valence-corrected chi connectivity index (χ0v) is 11.4. The predicted molar refractivity (Wildman–Crippen MR) is 69.6 cm³/mol. The summed E-state index contributed by atoms with van der Waals surface area (Å²) in [6, 6.07) is 1.95. The van der Waals surface area contributed by atoms with Crippen LogP contribution < -0.4 is 4.90 Å². The largest absolute Gasteiger partial charge is 0.371 e. The number of aromatic nitrogens is 1. The van der Waals surface area contributed by atoms with Gasteiger partial charge in [0.2, 0.25) is 0 Å². The van der Waals surface area contributed by atoms with Crippen molar-refractivity contribution in [2.75, 3.05) is 23.3 Å². The molecule has 0 amide bonds. The molecule has 0 saturated carbocycles. The zero-order valence-electron chi connectivity index (χ0n) is 9.07. The van der Waals surface area contributed by atoms with Crippen LogP contribution in [0, 0.1) is 0 Å². The summed E-state index contributed by atoms with van der Waals surface area (Å²) in [5.41, 5.74) is 1.04. The highest BCUT2D eigenvalue weighted by Crippen LogP contribution is 2.27.